The van der Waals surface area contributed by atoms with Crippen molar-refractivity contribution < 1.29 is 9.84 Å². The first-order valence-corrected chi connectivity index (χ1v) is 11.1. The standard InChI is InChI=1S/C23H24IN5O2/c1-3-10-23(24,25)21-8-5-7-18(28-21)15-11-19-17(20(12-15)31-2)13-26-29(19)22-9-4-6-16(14-30)27-22/h4-9,11-13,30H,3,10,14,25H2,1-2H3/t23-/m0/s1. The van der Waals surface area contributed by atoms with Gasteiger partial charge in [0.1, 0.15) is 9.30 Å². The topological polar surface area (TPSA) is 99.1 Å². The van der Waals surface area contributed by atoms with Crippen molar-refractivity contribution in [2.24, 2.45) is 5.73 Å². The van der Waals surface area contributed by atoms with Crippen LogP contribution >= 0.6 is 22.6 Å². The molecule has 160 valence electrons. The molecule has 0 bridgehead atoms. The summed E-state index contributed by atoms with van der Waals surface area (Å²) in [5, 5.41) is 14.8. The quantitative estimate of drug-likeness (QED) is 0.210. The van der Waals surface area contributed by atoms with Crippen molar-refractivity contribution in [2.75, 3.05) is 7.11 Å². The molecule has 3 heterocycles. The number of pyridine rings is 2. The Morgan fingerprint density at radius 1 is 1.16 bits per heavy atom. The summed E-state index contributed by atoms with van der Waals surface area (Å²) >= 11 is 2.27. The van der Waals surface area contributed by atoms with E-state index in [1.807, 2.05) is 42.5 Å². The first-order valence-electron chi connectivity index (χ1n) is 10.1. The lowest BCUT2D eigenvalue weighted by atomic mass is 10.1. The average molecular weight is 529 g/mol. The number of aliphatic hydroxyl groups excluding tert-OH is 1. The van der Waals surface area contributed by atoms with E-state index in [-0.39, 0.29) is 6.61 Å². The maximum atomic E-state index is 9.45. The smallest absolute Gasteiger partial charge is 0.154 e. The molecule has 0 aliphatic rings. The maximum absolute atomic E-state index is 9.45. The summed E-state index contributed by atoms with van der Waals surface area (Å²) < 4.78 is 6.87. The Bertz CT molecular complexity index is 1220. The predicted octanol–water partition coefficient (Wildman–Crippen LogP) is 4.33. The summed E-state index contributed by atoms with van der Waals surface area (Å²) in [6.07, 6.45) is 3.57. The minimum Gasteiger partial charge on any atom is -0.496 e. The van der Waals surface area contributed by atoms with Crippen LogP contribution in [0.4, 0.5) is 0 Å². The molecule has 8 heteroatoms. The number of methoxy groups -OCH3 is 1. The highest BCUT2D eigenvalue weighted by atomic mass is 127. The van der Waals surface area contributed by atoms with Gasteiger partial charge in [-0.25, -0.2) is 9.67 Å². The molecular formula is C23H24IN5O2. The second kappa shape index (κ2) is 8.89. The van der Waals surface area contributed by atoms with E-state index in [1.54, 1.807) is 24.1 Å². The molecule has 0 radical (unpaired) electrons. The number of alkyl halides is 1. The van der Waals surface area contributed by atoms with Gasteiger partial charge in [0, 0.05) is 5.56 Å². The highest BCUT2D eigenvalue weighted by molar-refractivity contribution is 14.1. The van der Waals surface area contributed by atoms with Crippen molar-refractivity contribution in [1.29, 1.82) is 0 Å². The molecule has 4 aromatic rings. The number of hydrogen-bond donors (Lipinski definition) is 2. The number of benzene rings is 1. The lowest BCUT2D eigenvalue weighted by Gasteiger charge is -2.22. The van der Waals surface area contributed by atoms with Gasteiger partial charge in [-0.3, -0.25) is 4.98 Å². The van der Waals surface area contributed by atoms with Gasteiger partial charge in [0.15, 0.2) is 5.82 Å². The summed E-state index contributed by atoms with van der Waals surface area (Å²) in [4.78, 5) is 9.35. The number of halogens is 1. The molecular weight excluding hydrogens is 505 g/mol. The molecule has 0 amide bonds. The van der Waals surface area contributed by atoms with E-state index in [9.17, 15) is 5.11 Å². The Hall–Kier alpha value is -2.56. The van der Waals surface area contributed by atoms with E-state index in [2.05, 4.69) is 39.6 Å². The lowest BCUT2D eigenvalue weighted by molar-refractivity contribution is 0.276. The molecule has 31 heavy (non-hydrogen) atoms. The van der Waals surface area contributed by atoms with Gasteiger partial charge in [0.2, 0.25) is 0 Å². The van der Waals surface area contributed by atoms with Gasteiger partial charge in [0.05, 0.1) is 47.9 Å². The van der Waals surface area contributed by atoms with Crippen molar-refractivity contribution >= 4 is 33.5 Å². The molecule has 0 unspecified atom stereocenters. The first kappa shape index (κ1) is 21.7. The number of rotatable bonds is 7. The van der Waals surface area contributed by atoms with Crippen molar-refractivity contribution in [3.63, 3.8) is 0 Å². The van der Waals surface area contributed by atoms with Gasteiger partial charge in [0.25, 0.3) is 0 Å². The van der Waals surface area contributed by atoms with E-state index in [4.69, 9.17) is 15.5 Å². The maximum Gasteiger partial charge on any atom is 0.154 e. The predicted molar refractivity (Wildman–Crippen MR) is 129 cm³/mol. The molecule has 3 N–H and O–H groups in total. The zero-order valence-electron chi connectivity index (χ0n) is 17.4. The third-order valence-corrected chi connectivity index (χ3v) is 6.22. The van der Waals surface area contributed by atoms with Crippen LogP contribution in [0.3, 0.4) is 0 Å². The second-order valence-electron chi connectivity index (χ2n) is 7.33. The Kier molecular flexibility index (Phi) is 6.22. The average Bonchev–Trinajstić information content (AvgIpc) is 3.22. The molecule has 3 aromatic heterocycles. The number of aliphatic hydroxyl groups is 1. The summed E-state index contributed by atoms with van der Waals surface area (Å²) in [7, 11) is 1.64. The van der Waals surface area contributed by atoms with E-state index in [0.29, 0.717) is 17.3 Å². The molecule has 0 fully saturated rings. The van der Waals surface area contributed by atoms with Crippen LogP contribution < -0.4 is 10.5 Å². The van der Waals surface area contributed by atoms with Crippen molar-refractivity contribution in [1.82, 2.24) is 19.7 Å². The van der Waals surface area contributed by atoms with Gasteiger partial charge in [-0.1, -0.05) is 48.1 Å². The number of hydrogen-bond acceptors (Lipinski definition) is 6. The van der Waals surface area contributed by atoms with Crippen LogP contribution in [0.1, 0.15) is 31.2 Å². The highest BCUT2D eigenvalue weighted by Gasteiger charge is 2.24. The number of nitrogens with zero attached hydrogens (tertiary/aromatic N) is 4. The van der Waals surface area contributed by atoms with Gasteiger partial charge in [-0.15, -0.1) is 0 Å². The Balaban J connectivity index is 1.87. The summed E-state index contributed by atoms with van der Waals surface area (Å²) in [5.41, 5.74) is 10.5. The van der Waals surface area contributed by atoms with Crippen LogP contribution in [0.15, 0.2) is 54.7 Å². The minimum absolute atomic E-state index is 0.132. The molecule has 1 atom stereocenters. The Labute approximate surface area is 194 Å². The van der Waals surface area contributed by atoms with Crippen molar-refractivity contribution in [3.8, 4) is 22.8 Å². The third kappa shape index (κ3) is 4.28. The van der Waals surface area contributed by atoms with Crippen LogP contribution in [-0.2, 0) is 10.2 Å². The van der Waals surface area contributed by atoms with Gasteiger partial charge < -0.3 is 15.6 Å². The van der Waals surface area contributed by atoms with E-state index >= 15 is 0 Å². The fourth-order valence-corrected chi connectivity index (χ4v) is 4.43. The molecule has 0 saturated heterocycles. The van der Waals surface area contributed by atoms with E-state index in [0.717, 1.165) is 40.7 Å². The van der Waals surface area contributed by atoms with Crippen molar-refractivity contribution in [2.45, 2.75) is 29.9 Å². The zero-order valence-corrected chi connectivity index (χ0v) is 19.6. The molecule has 0 aliphatic heterocycles. The van der Waals surface area contributed by atoms with E-state index < -0.39 is 3.55 Å². The van der Waals surface area contributed by atoms with Crippen LogP contribution in [0.25, 0.3) is 28.0 Å². The highest BCUT2D eigenvalue weighted by Crippen LogP contribution is 2.35. The number of nitrogens with two attached hydrogens (primary N) is 1. The third-order valence-electron chi connectivity index (χ3n) is 5.13. The van der Waals surface area contributed by atoms with Crippen LogP contribution in [0, 0.1) is 0 Å². The number of ether oxygens (including phenoxy) is 1. The second-order valence-corrected chi connectivity index (χ2v) is 9.26. The monoisotopic (exact) mass is 529 g/mol. The SMILES string of the molecule is CCC[C@@](N)(I)c1cccc(-c2cc(OC)c3cnn(-c4cccc(CO)n4)c3c2)n1. The van der Waals surface area contributed by atoms with Crippen LogP contribution in [0.5, 0.6) is 5.75 Å². The Morgan fingerprint density at radius 3 is 2.71 bits per heavy atom. The molecule has 7 nitrogen and oxygen atoms in total. The summed E-state index contributed by atoms with van der Waals surface area (Å²) in [5.74, 6) is 1.32. The first-order chi connectivity index (χ1) is 15.0. The Morgan fingerprint density at radius 2 is 1.97 bits per heavy atom. The normalized spacial score (nSPS) is 13.3. The number of aromatic nitrogens is 4. The zero-order chi connectivity index (χ0) is 22.0. The van der Waals surface area contributed by atoms with E-state index in [1.165, 1.54) is 0 Å². The largest absolute Gasteiger partial charge is 0.496 e. The van der Waals surface area contributed by atoms with Crippen LogP contribution in [0.2, 0.25) is 0 Å². The fraction of sp³-hybridized carbons (Fsp3) is 0.261. The van der Waals surface area contributed by atoms with Gasteiger partial charge in [-0.2, -0.15) is 5.10 Å². The molecule has 0 saturated carbocycles. The molecule has 4 rings (SSSR count). The fourth-order valence-electron chi connectivity index (χ4n) is 3.59. The molecule has 0 spiro atoms. The lowest BCUT2D eigenvalue weighted by Crippen LogP contribution is -2.30. The number of fused-ring (bicyclic) bond motifs is 1. The summed E-state index contributed by atoms with van der Waals surface area (Å²) in [6.45, 7) is 1.98. The van der Waals surface area contributed by atoms with Gasteiger partial charge in [-0.05, 0) is 42.8 Å². The van der Waals surface area contributed by atoms with Crippen LogP contribution in [-0.4, -0.2) is 32.0 Å². The summed E-state index contributed by atoms with van der Waals surface area (Å²) in [6, 6.07) is 15.4. The van der Waals surface area contributed by atoms with Gasteiger partial charge >= 0.3 is 0 Å². The van der Waals surface area contributed by atoms with Crippen molar-refractivity contribution in [3.05, 3.63) is 66.1 Å². The molecule has 1 aromatic carbocycles. The molecule has 0 aliphatic carbocycles. The minimum atomic E-state index is -0.521.